The molecule has 0 spiro atoms. The summed E-state index contributed by atoms with van der Waals surface area (Å²) >= 11 is 1.20. The van der Waals surface area contributed by atoms with Gasteiger partial charge >= 0.3 is 13.6 Å². The maximum atomic E-state index is 14.4. The topological polar surface area (TPSA) is 107 Å². The molecule has 0 amide bonds. The van der Waals surface area contributed by atoms with Crippen LogP contribution in [-0.2, 0) is 18.3 Å². The highest BCUT2D eigenvalue weighted by Gasteiger charge is 2.40. The molecule has 1 aromatic heterocycles. The molecule has 41 heavy (non-hydrogen) atoms. The lowest BCUT2D eigenvalue weighted by atomic mass is 9.98. The Balaban J connectivity index is 1.86. The zero-order valence-electron chi connectivity index (χ0n) is 23.6. The van der Waals surface area contributed by atoms with E-state index in [1.165, 1.54) is 17.4 Å². The van der Waals surface area contributed by atoms with Crippen LogP contribution in [-0.4, -0.2) is 35.9 Å². The number of esters is 1. The van der Waals surface area contributed by atoms with Crippen LogP contribution in [0.4, 0.5) is 0 Å². The van der Waals surface area contributed by atoms with Crippen LogP contribution in [0.15, 0.2) is 78.9 Å². The molecule has 1 unspecified atom stereocenters. The Hall–Kier alpha value is -3.33. The number of nitrogens with one attached hydrogen (secondary N) is 1. The van der Waals surface area contributed by atoms with Crippen LogP contribution in [0.3, 0.4) is 0 Å². The van der Waals surface area contributed by atoms with E-state index in [2.05, 4.69) is 10.3 Å². The third kappa shape index (κ3) is 7.12. The number of carbonyl (C=O) groups is 1. The fourth-order valence-corrected chi connectivity index (χ4v) is 7.47. The van der Waals surface area contributed by atoms with Crippen molar-refractivity contribution in [2.75, 3.05) is 19.8 Å². The number of benzene rings is 3. The molecule has 10 heteroatoms. The predicted octanol–water partition coefficient (Wildman–Crippen LogP) is 7.64. The van der Waals surface area contributed by atoms with Gasteiger partial charge in [-0.05, 0) is 57.0 Å². The summed E-state index contributed by atoms with van der Waals surface area (Å²) < 4.78 is 31.3. The van der Waals surface area contributed by atoms with E-state index in [4.69, 9.17) is 13.8 Å². The van der Waals surface area contributed by atoms with E-state index >= 15 is 0 Å². The van der Waals surface area contributed by atoms with Crippen molar-refractivity contribution in [1.82, 2.24) is 10.3 Å². The number of ether oxygens (including phenoxy) is 1. The second-order valence-electron chi connectivity index (χ2n) is 9.13. The summed E-state index contributed by atoms with van der Waals surface area (Å²) in [5.74, 6) is -1.55. The number of phenols is 1. The number of aromatic hydroxyl groups is 1. The first-order chi connectivity index (χ1) is 19.8. The molecule has 4 aromatic rings. The van der Waals surface area contributed by atoms with Crippen LogP contribution in [0, 0.1) is 6.92 Å². The molecule has 0 bridgehead atoms. The van der Waals surface area contributed by atoms with Gasteiger partial charge in [0.2, 0.25) is 0 Å². The van der Waals surface area contributed by atoms with Gasteiger partial charge in [-0.3, -0.25) is 9.88 Å². The number of carbonyl (C=O) groups excluding carboxylic acids is 1. The van der Waals surface area contributed by atoms with Crippen LogP contribution in [0.5, 0.6) is 5.75 Å². The molecule has 4 rings (SSSR count). The normalized spacial score (nSPS) is 12.4. The van der Waals surface area contributed by atoms with Crippen molar-refractivity contribution in [1.29, 1.82) is 0 Å². The van der Waals surface area contributed by atoms with Gasteiger partial charge in [-0.1, -0.05) is 60.7 Å². The number of rotatable bonds is 13. The Kier molecular flexibility index (Phi) is 10.5. The summed E-state index contributed by atoms with van der Waals surface area (Å²) in [6.07, 6.45) is 0. The Morgan fingerprint density at radius 2 is 1.51 bits per heavy atom. The Labute approximate surface area is 244 Å². The van der Waals surface area contributed by atoms with E-state index < -0.39 is 25.4 Å². The van der Waals surface area contributed by atoms with Gasteiger partial charge in [0.25, 0.3) is 0 Å². The van der Waals surface area contributed by atoms with Crippen molar-refractivity contribution in [3.8, 4) is 16.3 Å². The van der Waals surface area contributed by atoms with E-state index in [1.807, 2.05) is 60.7 Å². The van der Waals surface area contributed by atoms with Crippen molar-refractivity contribution >= 4 is 24.9 Å². The number of aromatic nitrogens is 1. The lowest BCUT2D eigenvalue weighted by Crippen LogP contribution is -2.29. The highest BCUT2D eigenvalue weighted by atomic mass is 32.1. The largest absolute Gasteiger partial charge is 0.508 e. The highest BCUT2D eigenvalue weighted by Crippen LogP contribution is 2.62. The Morgan fingerprint density at radius 3 is 2.05 bits per heavy atom. The van der Waals surface area contributed by atoms with E-state index in [9.17, 15) is 14.5 Å². The average Bonchev–Trinajstić information content (AvgIpc) is 3.37. The summed E-state index contributed by atoms with van der Waals surface area (Å²) in [6, 6.07) is 24.1. The molecule has 3 aromatic carbocycles. The average molecular weight is 595 g/mol. The molecular formula is C31H35N2O6PS. The van der Waals surface area contributed by atoms with Gasteiger partial charge in [0.1, 0.15) is 21.4 Å². The smallest absolute Gasteiger partial charge is 0.352 e. The molecule has 0 saturated heterocycles. The molecule has 0 saturated carbocycles. The predicted molar refractivity (Wildman–Crippen MR) is 161 cm³/mol. The number of nitrogens with zero attached hydrogens (tertiary/aromatic N) is 1. The minimum atomic E-state index is -3.88. The first-order valence-corrected chi connectivity index (χ1v) is 16.0. The number of aryl methyl sites for hydroxylation is 1. The fourth-order valence-electron chi connectivity index (χ4n) is 4.54. The molecule has 0 fully saturated rings. The summed E-state index contributed by atoms with van der Waals surface area (Å²) in [6.45, 7) is 7.55. The summed E-state index contributed by atoms with van der Waals surface area (Å²) in [7, 11) is -3.88. The third-order valence-corrected chi connectivity index (χ3v) is 9.83. The van der Waals surface area contributed by atoms with Crippen LogP contribution in [0.2, 0.25) is 0 Å². The van der Waals surface area contributed by atoms with Crippen LogP contribution >= 0.6 is 18.9 Å². The molecule has 1 heterocycles. The minimum absolute atomic E-state index is 0.0790. The molecule has 0 aliphatic heterocycles. The monoisotopic (exact) mass is 594 g/mol. The zero-order valence-corrected chi connectivity index (χ0v) is 25.3. The molecule has 8 nitrogen and oxygen atoms in total. The second-order valence-corrected chi connectivity index (χ2v) is 12.2. The number of phenolic OH excluding ortho intramolecular Hbond substituents is 1. The molecule has 216 valence electrons. The molecule has 2 N–H and O–H groups in total. The van der Waals surface area contributed by atoms with Gasteiger partial charge in [-0.15, -0.1) is 11.3 Å². The maximum absolute atomic E-state index is 14.4. The van der Waals surface area contributed by atoms with E-state index in [1.54, 1.807) is 39.8 Å². The van der Waals surface area contributed by atoms with Crippen LogP contribution in [0.1, 0.15) is 64.7 Å². The third-order valence-electron chi connectivity index (χ3n) is 6.35. The van der Waals surface area contributed by atoms with Gasteiger partial charge in [0.05, 0.1) is 31.6 Å². The standard InChI is InChI=1S/C31H35N2O6PS/c1-5-37-31(35)28-21(4)32-30(41-28)24-18-19-26(34)25(20-24)29(40(36,38-6-2)39-7-3)33-27(22-14-10-8-11-15-22)23-16-12-9-13-17-23/h8-20,27,29,33-34H,5-7H2,1-4H3. The second kappa shape index (κ2) is 14.0. The Morgan fingerprint density at radius 1 is 0.927 bits per heavy atom. The maximum Gasteiger partial charge on any atom is 0.352 e. The summed E-state index contributed by atoms with van der Waals surface area (Å²) in [5.41, 5.74) is 3.40. The van der Waals surface area contributed by atoms with Crippen molar-refractivity contribution in [2.45, 2.75) is 39.5 Å². The lowest BCUT2D eigenvalue weighted by Gasteiger charge is -2.32. The molecule has 0 aliphatic rings. The lowest BCUT2D eigenvalue weighted by molar-refractivity contribution is 0.0531. The van der Waals surface area contributed by atoms with Crippen molar-refractivity contribution < 1.29 is 28.3 Å². The van der Waals surface area contributed by atoms with Gasteiger partial charge in [-0.25, -0.2) is 9.78 Å². The van der Waals surface area contributed by atoms with Crippen molar-refractivity contribution in [3.05, 3.63) is 106 Å². The first kappa shape index (κ1) is 30.6. The quantitative estimate of drug-likeness (QED) is 0.120. The van der Waals surface area contributed by atoms with Gasteiger partial charge in [0, 0.05) is 11.1 Å². The zero-order chi connectivity index (χ0) is 29.4. The van der Waals surface area contributed by atoms with Gasteiger partial charge in [-0.2, -0.15) is 0 Å². The summed E-state index contributed by atoms with van der Waals surface area (Å²) in [4.78, 5) is 17.4. The van der Waals surface area contributed by atoms with Crippen molar-refractivity contribution in [3.63, 3.8) is 0 Å². The van der Waals surface area contributed by atoms with E-state index in [-0.39, 0.29) is 25.6 Å². The number of hydrogen-bond acceptors (Lipinski definition) is 9. The molecule has 1 atom stereocenters. The highest BCUT2D eigenvalue weighted by molar-refractivity contribution is 7.54. The van der Waals surface area contributed by atoms with E-state index in [0.717, 1.165) is 11.1 Å². The first-order valence-electron chi connectivity index (χ1n) is 13.5. The summed E-state index contributed by atoms with van der Waals surface area (Å²) in [5, 5.41) is 15.2. The Bertz CT molecular complexity index is 1450. The molecule has 0 radical (unpaired) electrons. The van der Waals surface area contributed by atoms with Crippen molar-refractivity contribution in [2.24, 2.45) is 0 Å². The van der Waals surface area contributed by atoms with Gasteiger partial charge < -0.3 is 18.9 Å². The van der Waals surface area contributed by atoms with Crippen LogP contribution < -0.4 is 5.32 Å². The fraction of sp³-hybridized carbons (Fsp3) is 0.290. The SMILES string of the molecule is CCOC(=O)c1sc(-c2ccc(O)c(C(NC(c3ccccc3)c3ccccc3)P(=O)(OCC)OCC)c2)nc1C. The molecule has 0 aliphatic carbocycles. The van der Waals surface area contributed by atoms with E-state index in [0.29, 0.717) is 26.7 Å². The van der Waals surface area contributed by atoms with Crippen LogP contribution in [0.25, 0.3) is 10.6 Å². The molecular weight excluding hydrogens is 559 g/mol. The number of hydrogen-bond donors (Lipinski definition) is 2. The van der Waals surface area contributed by atoms with Gasteiger partial charge in [0.15, 0.2) is 0 Å². The minimum Gasteiger partial charge on any atom is -0.508 e. The number of thiazole rings is 1.